The van der Waals surface area contributed by atoms with Gasteiger partial charge in [-0.15, -0.1) is 11.3 Å². The predicted molar refractivity (Wildman–Crippen MR) is 85.5 cm³/mol. The van der Waals surface area contributed by atoms with Crippen molar-refractivity contribution < 1.29 is 4.74 Å². The molecule has 5 heteroatoms. The first-order valence-electron chi connectivity index (χ1n) is 7.75. The second-order valence-corrected chi connectivity index (χ2v) is 6.46. The molecule has 1 saturated carbocycles. The number of thiazole rings is 1. The Hall–Kier alpha value is -0.650. The number of aromatic nitrogens is 1. The van der Waals surface area contributed by atoms with Crippen molar-refractivity contribution >= 4 is 16.5 Å². The van der Waals surface area contributed by atoms with Gasteiger partial charge in [0.2, 0.25) is 0 Å². The number of ether oxygens (including phenoxy) is 1. The molecule has 0 aliphatic heterocycles. The molecule has 1 aromatic rings. The van der Waals surface area contributed by atoms with E-state index in [1.165, 1.54) is 29.3 Å². The van der Waals surface area contributed by atoms with Gasteiger partial charge in [0.15, 0.2) is 5.13 Å². The Bertz CT molecular complexity index is 404. The third-order valence-electron chi connectivity index (χ3n) is 3.46. The van der Waals surface area contributed by atoms with Gasteiger partial charge in [-0.2, -0.15) is 0 Å². The summed E-state index contributed by atoms with van der Waals surface area (Å²) in [4.78, 5) is 8.66. The van der Waals surface area contributed by atoms with E-state index in [4.69, 9.17) is 9.72 Å². The fraction of sp³-hybridized carbons (Fsp3) is 0.800. The molecule has 0 radical (unpaired) electrons. The van der Waals surface area contributed by atoms with Crippen LogP contribution in [-0.4, -0.2) is 31.2 Å². The van der Waals surface area contributed by atoms with Gasteiger partial charge >= 0.3 is 0 Å². The highest BCUT2D eigenvalue weighted by Gasteiger charge is 2.31. The number of nitrogens with one attached hydrogen (secondary N) is 1. The third-order valence-corrected chi connectivity index (χ3v) is 4.59. The molecule has 0 amide bonds. The van der Waals surface area contributed by atoms with Crippen LogP contribution in [-0.2, 0) is 17.9 Å². The van der Waals surface area contributed by atoms with Gasteiger partial charge in [-0.05, 0) is 32.2 Å². The lowest BCUT2D eigenvalue weighted by Gasteiger charge is -2.20. The second kappa shape index (κ2) is 7.96. The maximum absolute atomic E-state index is 5.30. The number of anilines is 1. The molecule has 20 heavy (non-hydrogen) atoms. The molecule has 2 rings (SSSR count). The van der Waals surface area contributed by atoms with E-state index >= 15 is 0 Å². The van der Waals surface area contributed by atoms with E-state index in [0.717, 1.165) is 37.8 Å². The highest BCUT2D eigenvalue weighted by Crippen LogP contribution is 2.35. The van der Waals surface area contributed by atoms with Crippen molar-refractivity contribution in [2.75, 3.05) is 25.1 Å². The zero-order chi connectivity index (χ0) is 14.4. The zero-order valence-corrected chi connectivity index (χ0v) is 13.8. The van der Waals surface area contributed by atoms with Gasteiger partial charge in [-0.25, -0.2) is 4.98 Å². The van der Waals surface area contributed by atoms with E-state index in [1.54, 1.807) is 7.11 Å². The van der Waals surface area contributed by atoms with Gasteiger partial charge in [0.25, 0.3) is 0 Å². The van der Waals surface area contributed by atoms with Gasteiger partial charge in [0, 0.05) is 31.1 Å². The first kappa shape index (κ1) is 15.7. The summed E-state index contributed by atoms with van der Waals surface area (Å²) >= 11 is 1.84. The average molecular weight is 297 g/mol. The minimum absolute atomic E-state index is 0.615. The summed E-state index contributed by atoms with van der Waals surface area (Å²) in [6.45, 7) is 8.13. The first-order valence-corrected chi connectivity index (χ1v) is 8.56. The Morgan fingerprint density at radius 2 is 2.15 bits per heavy atom. The standard InChI is InChI=1S/C15H27N3OS/c1-4-8-16-10-14-13(11-19-3)17-15(20-14)18(9-5-2)12-6-7-12/h12,16H,4-11H2,1-3H3. The normalized spacial score (nSPS) is 14.8. The highest BCUT2D eigenvalue weighted by molar-refractivity contribution is 7.15. The smallest absolute Gasteiger partial charge is 0.186 e. The van der Waals surface area contributed by atoms with Crippen LogP contribution >= 0.6 is 11.3 Å². The van der Waals surface area contributed by atoms with Crippen molar-refractivity contribution in [3.8, 4) is 0 Å². The van der Waals surface area contributed by atoms with Crippen LogP contribution in [0.3, 0.4) is 0 Å². The highest BCUT2D eigenvalue weighted by atomic mass is 32.1. The molecular formula is C15H27N3OS. The molecule has 1 N–H and O–H groups in total. The zero-order valence-electron chi connectivity index (χ0n) is 12.9. The summed E-state index contributed by atoms with van der Waals surface area (Å²) in [5.74, 6) is 0. The molecule has 1 fully saturated rings. The van der Waals surface area contributed by atoms with Crippen LogP contribution in [0.4, 0.5) is 5.13 Å². The van der Waals surface area contributed by atoms with E-state index in [-0.39, 0.29) is 0 Å². The molecule has 1 aliphatic rings. The fourth-order valence-corrected chi connectivity index (χ4v) is 3.45. The van der Waals surface area contributed by atoms with Crippen LogP contribution in [0.25, 0.3) is 0 Å². The van der Waals surface area contributed by atoms with Crippen LogP contribution in [0.5, 0.6) is 0 Å². The van der Waals surface area contributed by atoms with Crippen molar-refractivity contribution in [1.29, 1.82) is 0 Å². The molecule has 1 heterocycles. The Morgan fingerprint density at radius 3 is 2.75 bits per heavy atom. The number of nitrogens with zero attached hydrogens (tertiary/aromatic N) is 2. The lowest BCUT2D eigenvalue weighted by molar-refractivity contribution is 0.181. The summed E-state index contributed by atoms with van der Waals surface area (Å²) in [5, 5.41) is 4.67. The Kier molecular flexibility index (Phi) is 6.26. The molecule has 1 aliphatic carbocycles. The number of rotatable bonds is 10. The van der Waals surface area contributed by atoms with Gasteiger partial charge in [0.05, 0.1) is 12.3 Å². The summed E-state index contributed by atoms with van der Waals surface area (Å²) in [6, 6.07) is 0.730. The van der Waals surface area contributed by atoms with Crippen LogP contribution in [0, 0.1) is 0 Å². The third kappa shape index (κ3) is 4.17. The first-order chi connectivity index (χ1) is 9.80. The van der Waals surface area contributed by atoms with Crippen molar-refractivity contribution in [2.24, 2.45) is 0 Å². The Labute approximate surface area is 126 Å². The molecule has 1 aromatic heterocycles. The van der Waals surface area contributed by atoms with Crippen molar-refractivity contribution in [2.45, 2.75) is 58.7 Å². The summed E-state index contributed by atoms with van der Waals surface area (Å²) in [5.41, 5.74) is 1.11. The van der Waals surface area contributed by atoms with E-state index in [2.05, 4.69) is 24.1 Å². The van der Waals surface area contributed by atoms with E-state index in [9.17, 15) is 0 Å². The maximum Gasteiger partial charge on any atom is 0.186 e. The molecule has 114 valence electrons. The number of methoxy groups -OCH3 is 1. The summed E-state index contributed by atoms with van der Waals surface area (Å²) in [7, 11) is 1.74. The lowest BCUT2D eigenvalue weighted by Crippen LogP contribution is -2.26. The molecule has 0 spiro atoms. The monoisotopic (exact) mass is 297 g/mol. The SMILES string of the molecule is CCCNCc1sc(N(CCC)C2CC2)nc1COC. The molecule has 0 atom stereocenters. The maximum atomic E-state index is 5.30. The minimum atomic E-state index is 0.615. The molecular weight excluding hydrogens is 270 g/mol. The Morgan fingerprint density at radius 1 is 1.35 bits per heavy atom. The number of hydrogen-bond acceptors (Lipinski definition) is 5. The Balaban J connectivity index is 2.09. The van der Waals surface area contributed by atoms with E-state index in [1.807, 2.05) is 11.3 Å². The fourth-order valence-electron chi connectivity index (χ4n) is 2.32. The molecule has 0 bridgehead atoms. The molecule has 0 unspecified atom stereocenters. The molecule has 0 aromatic carbocycles. The van der Waals surface area contributed by atoms with Crippen molar-refractivity contribution in [3.63, 3.8) is 0 Å². The second-order valence-electron chi connectivity index (χ2n) is 5.40. The summed E-state index contributed by atoms with van der Waals surface area (Å²) in [6.07, 6.45) is 4.99. The molecule has 0 saturated heterocycles. The van der Waals surface area contributed by atoms with Gasteiger partial charge < -0.3 is 15.0 Å². The average Bonchev–Trinajstić information content (AvgIpc) is 3.20. The van der Waals surface area contributed by atoms with E-state index < -0.39 is 0 Å². The van der Waals surface area contributed by atoms with Crippen molar-refractivity contribution in [1.82, 2.24) is 10.3 Å². The van der Waals surface area contributed by atoms with Crippen molar-refractivity contribution in [3.05, 3.63) is 10.6 Å². The minimum Gasteiger partial charge on any atom is -0.378 e. The van der Waals surface area contributed by atoms with Crippen LogP contribution in [0.1, 0.15) is 50.1 Å². The van der Waals surface area contributed by atoms with Crippen LogP contribution < -0.4 is 10.2 Å². The number of hydrogen-bond donors (Lipinski definition) is 1. The largest absolute Gasteiger partial charge is 0.378 e. The quantitative estimate of drug-likeness (QED) is 0.673. The topological polar surface area (TPSA) is 37.4 Å². The predicted octanol–water partition coefficient (Wildman–Crippen LogP) is 3.17. The molecule has 4 nitrogen and oxygen atoms in total. The van der Waals surface area contributed by atoms with E-state index in [0.29, 0.717) is 6.61 Å². The van der Waals surface area contributed by atoms with Crippen LogP contribution in [0.2, 0.25) is 0 Å². The van der Waals surface area contributed by atoms with Gasteiger partial charge in [0.1, 0.15) is 0 Å². The van der Waals surface area contributed by atoms with Gasteiger partial charge in [-0.1, -0.05) is 13.8 Å². The van der Waals surface area contributed by atoms with Crippen LogP contribution in [0.15, 0.2) is 0 Å². The lowest BCUT2D eigenvalue weighted by atomic mass is 10.3. The van der Waals surface area contributed by atoms with Gasteiger partial charge in [-0.3, -0.25) is 0 Å². The summed E-state index contributed by atoms with van der Waals surface area (Å²) < 4.78 is 5.30.